The summed E-state index contributed by atoms with van der Waals surface area (Å²) in [4.78, 5) is 49.4. The number of carboxylic acids is 1. The van der Waals surface area contributed by atoms with Gasteiger partial charge in [-0.25, -0.2) is 4.79 Å². The number of amides is 3. The minimum Gasteiger partial charge on any atom is -0.480 e. The number of carbonyl (C=O) groups excluding carboxylic acids is 3. The Bertz CT molecular complexity index is 791. The van der Waals surface area contributed by atoms with Crippen LogP contribution in [0.3, 0.4) is 0 Å². The van der Waals surface area contributed by atoms with Crippen molar-refractivity contribution >= 4 is 29.4 Å². The Morgan fingerprint density at radius 3 is 2.62 bits per heavy atom. The zero-order valence-electron chi connectivity index (χ0n) is 14.6. The highest BCUT2D eigenvalue weighted by atomic mass is 16.4. The highest BCUT2D eigenvalue weighted by Crippen LogP contribution is 2.38. The lowest BCUT2D eigenvalue weighted by Crippen LogP contribution is -2.55. The van der Waals surface area contributed by atoms with Crippen molar-refractivity contribution in [3.05, 3.63) is 29.3 Å². The molecule has 3 amide bonds. The fraction of sp³-hybridized carbons (Fsp3) is 0.444. The summed E-state index contributed by atoms with van der Waals surface area (Å²) < 4.78 is 0. The first kappa shape index (κ1) is 17.9. The van der Waals surface area contributed by atoms with E-state index >= 15 is 0 Å². The van der Waals surface area contributed by atoms with Crippen molar-refractivity contribution in [2.75, 3.05) is 4.90 Å². The average molecular weight is 359 g/mol. The van der Waals surface area contributed by atoms with Crippen molar-refractivity contribution in [2.45, 2.75) is 51.2 Å². The second kappa shape index (κ2) is 6.78. The molecule has 26 heavy (non-hydrogen) atoms. The molecule has 0 unspecified atom stereocenters. The molecule has 8 heteroatoms. The van der Waals surface area contributed by atoms with E-state index in [-0.39, 0.29) is 12.3 Å². The molecule has 2 aliphatic heterocycles. The molecule has 3 atom stereocenters. The number of aryl methyl sites for hydroxylation is 1. The maximum atomic E-state index is 13.0. The summed E-state index contributed by atoms with van der Waals surface area (Å²) in [6.45, 7) is 2.83. The van der Waals surface area contributed by atoms with E-state index in [1.807, 2.05) is 18.2 Å². The third kappa shape index (κ3) is 3.14. The first-order chi connectivity index (χ1) is 12.3. The Morgan fingerprint density at radius 1 is 1.27 bits per heavy atom. The van der Waals surface area contributed by atoms with Crippen molar-refractivity contribution in [1.82, 2.24) is 10.6 Å². The number of aliphatic carboxylic acids is 1. The third-order valence-electron chi connectivity index (χ3n) is 4.82. The second-order valence-corrected chi connectivity index (χ2v) is 6.71. The largest absolute Gasteiger partial charge is 0.480 e. The predicted octanol–water partition coefficient (Wildman–Crippen LogP) is -0.0155. The van der Waals surface area contributed by atoms with Gasteiger partial charge in [-0.15, -0.1) is 0 Å². The van der Waals surface area contributed by atoms with E-state index in [1.54, 1.807) is 0 Å². The van der Waals surface area contributed by atoms with E-state index < -0.39 is 35.9 Å². The highest BCUT2D eigenvalue weighted by molar-refractivity contribution is 6.07. The number of para-hydroxylation sites is 1. The summed E-state index contributed by atoms with van der Waals surface area (Å²) in [5, 5.41) is 14.7. The van der Waals surface area contributed by atoms with Crippen LogP contribution in [0.4, 0.5) is 5.69 Å². The van der Waals surface area contributed by atoms with Crippen LogP contribution >= 0.6 is 0 Å². The standard InChI is InChI=1S/C18H21N3O5/c1-9(19-10(2)22)16(23)20-13-7-6-11-4-3-5-12-8-14(18(25)26)21(15(11)12)17(13)24/h3-5,9,13-14H,6-8H2,1-2H3,(H,19,22)(H,20,23)(H,25,26)/t9-,13-,14-/m0/s1. The summed E-state index contributed by atoms with van der Waals surface area (Å²) in [6, 6.07) is 2.99. The van der Waals surface area contributed by atoms with E-state index in [0.717, 1.165) is 11.1 Å². The van der Waals surface area contributed by atoms with Gasteiger partial charge in [0.1, 0.15) is 18.1 Å². The smallest absolute Gasteiger partial charge is 0.327 e. The van der Waals surface area contributed by atoms with Gasteiger partial charge >= 0.3 is 5.97 Å². The Balaban J connectivity index is 1.87. The first-order valence-corrected chi connectivity index (χ1v) is 8.53. The second-order valence-electron chi connectivity index (χ2n) is 6.71. The van der Waals surface area contributed by atoms with Crippen molar-refractivity contribution in [1.29, 1.82) is 0 Å². The molecule has 8 nitrogen and oxygen atoms in total. The molecule has 3 N–H and O–H groups in total. The molecule has 3 rings (SSSR count). The minimum absolute atomic E-state index is 0.257. The van der Waals surface area contributed by atoms with E-state index in [4.69, 9.17) is 0 Å². The van der Waals surface area contributed by atoms with Crippen LogP contribution in [0.5, 0.6) is 0 Å². The molecule has 0 fully saturated rings. The summed E-state index contributed by atoms with van der Waals surface area (Å²) >= 11 is 0. The van der Waals surface area contributed by atoms with E-state index in [1.165, 1.54) is 18.7 Å². The van der Waals surface area contributed by atoms with Gasteiger partial charge in [0.15, 0.2) is 0 Å². The van der Waals surface area contributed by atoms with Crippen LogP contribution in [0, 0.1) is 0 Å². The predicted molar refractivity (Wildman–Crippen MR) is 92.6 cm³/mol. The van der Waals surface area contributed by atoms with Crippen molar-refractivity contribution in [2.24, 2.45) is 0 Å². The number of anilines is 1. The Labute approximate surface area is 150 Å². The number of hydrogen-bond donors (Lipinski definition) is 3. The van der Waals surface area contributed by atoms with Crippen LogP contribution in [-0.4, -0.2) is 46.9 Å². The topological polar surface area (TPSA) is 116 Å². The number of benzene rings is 1. The van der Waals surface area contributed by atoms with Crippen LogP contribution in [0.15, 0.2) is 18.2 Å². The monoisotopic (exact) mass is 359 g/mol. The van der Waals surface area contributed by atoms with Crippen molar-refractivity contribution < 1.29 is 24.3 Å². The van der Waals surface area contributed by atoms with Gasteiger partial charge in [0.25, 0.3) is 0 Å². The molecule has 0 saturated heterocycles. The zero-order valence-corrected chi connectivity index (χ0v) is 14.6. The molecule has 0 radical (unpaired) electrons. The average Bonchev–Trinajstić information content (AvgIpc) is 2.91. The summed E-state index contributed by atoms with van der Waals surface area (Å²) in [7, 11) is 0. The number of nitrogens with one attached hydrogen (secondary N) is 2. The van der Waals surface area contributed by atoms with Gasteiger partial charge < -0.3 is 15.7 Å². The van der Waals surface area contributed by atoms with Gasteiger partial charge in [-0.3, -0.25) is 19.3 Å². The van der Waals surface area contributed by atoms with Crippen molar-refractivity contribution in [3.63, 3.8) is 0 Å². The lowest BCUT2D eigenvalue weighted by Gasteiger charge is -2.27. The highest BCUT2D eigenvalue weighted by Gasteiger charge is 2.44. The molecule has 138 valence electrons. The molecule has 1 aromatic rings. The fourth-order valence-electron chi connectivity index (χ4n) is 3.63. The van der Waals surface area contributed by atoms with Crippen LogP contribution in [-0.2, 0) is 32.0 Å². The summed E-state index contributed by atoms with van der Waals surface area (Å²) in [5.41, 5.74) is 2.41. The SMILES string of the molecule is CC(=O)N[C@@H](C)C(=O)N[C@H]1CCc2cccc3c2N(C1=O)[C@H](C(=O)O)C3. The lowest BCUT2D eigenvalue weighted by atomic mass is 10.0. The number of hydrogen-bond acceptors (Lipinski definition) is 4. The Kier molecular flexibility index (Phi) is 4.67. The van der Waals surface area contributed by atoms with Crippen LogP contribution in [0.2, 0.25) is 0 Å². The number of carboxylic acid groups (broad SMARTS) is 1. The summed E-state index contributed by atoms with van der Waals surface area (Å²) in [5.74, 6) is -2.32. The van der Waals surface area contributed by atoms with Gasteiger partial charge in [-0.05, 0) is 30.9 Å². The number of rotatable bonds is 4. The van der Waals surface area contributed by atoms with Crippen molar-refractivity contribution in [3.8, 4) is 0 Å². The maximum Gasteiger partial charge on any atom is 0.327 e. The molecular weight excluding hydrogens is 338 g/mol. The van der Waals surface area contributed by atoms with E-state index in [9.17, 15) is 24.3 Å². The van der Waals surface area contributed by atoms with Crippen LogP contribution in [0.25, 0.3) is 0 Å². The van der Waals surface area contributed by atoms with Crippen LogP contribution < -0.4 is 15.5 Å². The molecule has 2 aliphatic rings. The third-order valence-corrected chi connectivity index (χ3v) is 4.82. The lowest BCUT2D eigenvalue weighted by molar-refractivity contribution is -0.140. The molecular formula is C18H21N3O5. The Hall–Kier alpha value is -2.90. The Morgan fingerprint density at radius 2 is 1.96 bits per heavy atom. The fourth-order valence-corrected chi connectivity index (χ4v) is 3.63. The van der Waals surface area contributed by atoms with Gasteiger partial charge in [-0.1, -0.05) is 18.2 Å². The van der Waals surface area contributed by atoms with Crippen LogP contribution in [0.1, 0.15) is 31.4 Å². The molecule has 2 heterocycles. The maximum absolute atomic E-state index is 13.0. The minimum atomic E-state index is -1.07. The molecule has 0 bridgehead atoms. The van der Waals surface area contributed by atoms with E-state index in [0.29, 0.717) is 18.5 Å². The number of nitrogens with zero attached hydrogens (tertiary/aromatic N) is 1. The van der Waals surface area contributed by atoms with Gasteiger partial charge in [0, 0.05) is 13.3 Å². The van der Waals surface area contributed by atoms with Gasteiger partial charge in [-0.2, -0.15) is 0 Å². The molecule has 0 spiro atoms. The summed E-state index contributed by atoms with van der Waals surface area (Å²) in [6.07, 6.45) is 1.18. The van der Waals surface area contributed by atoms with Gasteiger partial charge in [0.2, 0.25) is 17.7 Å². The van der Waals surface area contributed by atoms with Gasteiger partial charge in [0.05, 0.1) is 5.69 Å². The normalized spacial score (nSPS) is 22.2. The molecule has 0 aliphatic carbocycles. The number of carbonyl (C=O) groups is 4. The van der Waals surface area contributed by atoms with E-state index in [2.05, 4.69) is 10.6 Å². The zero-order chi connectivity index (χ0) is 19.0. The molecule has 0 aromatic heterocycles. The molecule has 0 saturated carbocycles. The quantitative estimate of drug-likeness (QED) is 0.699. The molecule has 1 aromatic carbocycles. The first-order valence-electron chi connectivity index (χ1n) is 8.53.